The highest BCUT2D eigenvalue weighted by atomic mass is 35.5. The fourth-order valence-corrected chi connectivity index (χ4v) is 3.90. The Labute approximate surface area is 186 Å². The number of rotatable bonds is 7. The average molecular weight is 442 g/mol. The molecule has 1 aliphatic heterocycles. The number of esters is 2. The second-order valence-corrected chi connectivity index (χ2v) is 7.53. The zero-order chi connectivity index (χ0) is 22.4. The van der Waals surface area contributed by atoms with Crippen LogP contribution in [0, 0.1) is 0 Å². The molecule has 1 heterocycles. The van der Waals surface area contributed by atoms with E-state index < -0.39 is 17.9 Å². The normalized spacial score (nSPS) is 16.3. The third-order valence-electron chi connectivity index (χ3n) is 5.13. The molecule has 162 valence electrons. The van der Waals surface area contributed by atoms with Crippen LogP contribution in [0.4, 0.5) is 0 Å². The van der Waals surface area contributed by atoms with Gasteiger partial charge in [-0.2, -0.15) is 0 Å². The number of halogens is 1. The fraction of sp³-hybridized carbons (Fsp3) is 0.292. The molecule has 0 saturated heterocycles. The van der Waals surface area contributed by atoms with Crippen molar-refractivity contribution in [2.45, 2.75) is 32.8 Å². The number of ether oxygens (including phenoxy) is 2. The molecule has 2 aromatic carbocycles. The van der Waals surface area contributed by atoms with Crippen molar-refractivity contribution in [3.05, 3.63) is 82.0 Å². The van der Waals surface area contributed by atoms with Gasteiger partial charge in [-0.3, -0.25) is 9.59 Å². The number of carbonyl (C=O) groups excluding carboxylic acids is 3. The highest BCUT2D eigenvalue weighted by molar-refractivity contribution is 6.31. The number of allylic oxidation sites excluding steroid dienone is 1. The predicted molar refractivity (Wildman–Crippen MR) is 116 cm³/mol. The van der Waals surface area contributed by atoms with Gasteiger partial charge in [0.2, 0.25) is 5.91 Å². The van der Waals surface area contributed by atoms with E-state index in [9.17, 15) is 14.4 Å². The minimum absolute atomic E-state index is 0.00372. The first-order valence-corrected chi connectivity index (χ1v) is 10.4. The lowest BCUT2D eigenvalue weighted by molar-refractivity contribution is -0.149. The summed E-state index contributed by atoms with van der Waals surface area (Å²) in [5, 5.41) is 0.459. The van der Waals surface area contributed by atoms with Crippen LogP contribution in [0.3, 0.4) is 0 Å². The molecule has 0 saturated carbocycles. The van der Waals surface area contributed by atoms with Gasteiger partial charge in [0.15, 0.2) is 0 Å². The van der Waals surface area contributed by atoms with Gasteiger partial charge in [0.1, 0.15) is 13.2 Å². The van der Waals surface area contributed by atoms with Crippen LogP contribution in [0.2, 0.25) is 5.02 Å². The Balaban J connectivity index is 1.96. The van der Waals surface area contributed by atoms with Crippen molar-refractivity contribution in [3.63, 3.8) is 0 Å². The van der Waals surface area contributed by atoms with Crippen LogP contribution < -0.4 is 0 Å². The van der Waals surface area contributed by atoms with Crippen LogP contribution in [-0.2, 0) is 30.5 Å². The summed E-state index contributed by atoms with van der Waals surface area (Å²) in [5.41, 5.74) is 2.19. The summed E-state index contributed by atoms with van der Waals surface area (Å²) in [6.45, 7) is 3.37. The van der Waals surface area contributed by atoms with E-state index in [4.69, 9.17) is 21.1 Å². The highest BCUT2D eigenvalue weighted by Gasteiger charge is 2.38. The van der Waals surface area contributed by atoms with Crippen molar-refractivity contribution >= 4 is 29.4 Å². The number of hydrogen-bond donors (Lipinski definition) is 0. The summed E-state index contributed by atoms with van der Waals surface area (Å²) < 4.78 is 10.6. The van der Waals surface area contributed by atoms with Crippen LogP contribution in [0.1, 0.15) is 37.3 Å². The summed E-state index contributed by atoms with van der Waals surface area (Å²) in [6.07, 6.45) is -0.00372. The fourth-order valence-electron chi connectivity index (χ4n) is 3.63. The summed E-state index contributed by atoms with van der Waals surface area (Å²) in [4.78, 5) is 39.3. The van der Waals surface area contributed by atoms with Crippen LogP contribution in [-0.4, -0.2) is 35.9 Å². The molecular weight excluding hydrogens is 418 g/mol. The predicted octanol–water partition coefficient (Wildman–Crippen LogP) is 4.24. The molecule has 1 aliphatic rings. The number of amides is 1. The number of hydrogen-bond acceptors (Lipinski definition) is 5. The third-order valence-corrected chi connectivity index (χ3v) is 5.47. The van der Waals surface area contributed by atoms with E-state index in [1.54, 1.807) is 38.1 Å². The zero-order valence-electron chi connectivity index (χ0n) is 17.5. The van der Waals surface area contributed by atoms with Gasteiger partial charge in [-0.05, 0) is 31.0 Å². The first-order chi connectivity index (χ1) is 14.9. The molecule has 0 N–H and O–H groups in total. The second-order valence-electron chi connectivity index (χ2n) is 7.12. The zero-order valence-corrected chi connectivity index (χ0v) is 18.2. The summed E-state index contributed by atoms with van der Waals surface area (Å²) in [6, 6.07) is 16.4. The second kappa shape index (κ2) is 10.3. The molecule has 1 unspecified atom stereocenters. The first kappa shape index (κ1) is 22.6. The molecule has 1 atom stereocenters. The van der Waals surface area contributed by atoms with Gasteiger partial charge in [-0.15, -0.1) is 0 Å². The maximum atomic E-state index is 13.2. The topological polar surface area (TPSA) is 72.9 Å². The molecular formula is C24H24ClNO5. The van der Waals surface area contributed by atoms with Crippen molar-refractivity contribution in [2.75, 3.05) is 13.2 Å². The smallest absolute Gasteiger partial charge is 0.336 e. The summed E-state index contributed by atoms with van der Waals surface area (Å²) in [7, 11) is 0. The Kier molecular flexibility index (Phi) is 7.47. The van der Waals surface area contributed by atoms with Crippen LogP contribution in [0.25, 0.3) is 0 Å². The molecule has 2 aromatic rings. The minimum atomic E-state index is -0.567. The van der Waals surface area contributed by atoms with E-state index in [-0.39, 0.29) is 32.1 Å². The molecule has 0 fully saturated rings. The quantitative estimate of drug-likeness (QED) is 0.601. The van der Waals surface area contributed by atoms with Crippen molar-refractivity contribution in [3.8, 4) is 0 Å². The molecule has 0 bridgehead atoms. The van der Waals surface area contributed by atoms with Crippen LogP contribution >= 0.6 is 11.6 Å². The SMILES string of the molecule is CCOC(=O)CN1C(=O)CC(c2ccccc2Cl)C(C(=O)OCc2ccccc2)=C1C. The van der Waals surface area contributed by atoms with Gasteiger partial charge in [0.05, 0.1) is 12.2 Å². The Morgan fingerprint density at radius 3 is 2.42 bits per heavy atom. The lowest BCUT2D eigenvalue weighted by Crippen LogP contribution is -2.41. The molecule has 0 aliphatic carbocycles. The van der Waals surface area contributed by atoms with Gasteiger partial charge in [0, 0.05) is 23.1 Å². The Bertz CT molecular complexity index is 1000. The van der Waals surface area contributed by atoms with Gasteiger partial charge in [-0.25, -0.2) is 4.79 Å². The van der Waals surface area contributed by atoms with Gasteiger partial charge in [0.25, 0.3) is 0 Å². The van der Waals surface area contributed by atoms with Crippen LogP contribution in [0.15, 0.2) is 65.9 Å². The number of benzene rings is 2. The molecule has 0 aromatic heterocycles. The number of carbonyl (C=O) groups is 3. The minimum Gasteiger partial charge on any atom is -0.465 e. The Morgan fingerprint density at radius 2 is 1.74 bits per heavy atom. The molecule has 0 radical (unpaired) electrons. The highest BCUT2D eigenvalue weighted by Crippen LogP contribution is 2.39. The monoisotopic (exact) mass is 441 g/mol. The Hall–Kier alpha value is -3.12. The molecule has 6 nitrogen and oxygen atoms in total. The Morgan fingerprint density at radius 1 is 1.06 bits per heavy atom. The molecule has 7 heteroatoms. The molecule has 31 heavy (non-hydrogen) atoms. The van der Waals surface area contributed by atoms with Crippen LogP contribution in [0.5, 0.6) is 0 Å². The molecule has 1 amide bonds. The summed E-state index contributed by atoms with van der Waals surface area (Å²) in [5.74, 6) is -1.94. The standard InChI is InChI=1S/C24H24ClNO5/c1-3-30-22(28)14-26-16(2)23(24(29)31-15-17-9-5-4-6-10-17)19(13-21(26)27)18-11-7-8-12-20(18)25/h4-12,19H,3,13-15H2,1-2H3. The van der Waals surface area contributed by atoms with Crippen molar-refractivity contribution in [2.24, 2.45) is 0 Å². The van der Waals surface area contributed by atoms with E-state index in [2.05, 4.69) is 0 Å². The summed E-state index contributed by atoms with van der Waals surface area (Å²) >= 11 is 6.38. The maximum absolute atomic E-state index is 13.2. The molecule has 3 rings (SSSR count). The lowest BCUT2D eigenvalue weighted by atomic mass is 9.83. The van der Waals surface area contributed by atoms with Gasteiger partial charge < -0.3 is 14.4 Å². The number of nitrogens with zero attached hydrogens (tertiary/aromatic N) is 1. The van der Waals surface area contributed by atoms with E-state index in [0.717, 1.165) is 5.56 Å². The lowest BCUT2D eigenvalue weighted by Gasteiger charge is -2.34. The van der Waals surface area contributed by atoms with E-state index >= 15 is 0 Å². The van der Waals surface area contributed by atoms with Gasteiger partial charge in [-0.1, -0.05) is 60.1 Å². The van der Waals surface area contributed by atoms with Crippen molar-refractivity contribution in [1.82, 2.24) is 4.90 Å². The van der Waals surface area contributed by atoms with E-state index in [1.165, 1.54) is 4.90 Å². The molecule has 0 spiro atoms. The maximum Gasteiger partial charge on any atom is 0.336 e. The first-order valence-electron chi connectivity index (χ1n) is 10.0. The average Bonchev–Trinajstić information content (AvgIpc) is 2.76. The van der Waals surface area contributed by atoms with E-state index in [1.807, 2.05) is 30.3 Å². The van der Waals surface area contributed by atoms with E-state index in [0.29, 0.717) is 21.9 Å². The van der Waals surface area contributed by atoms with Gasteiger partial charge >= 0.3 is 11.9 Å². The largest absolute Gasteiger partial charge is 0.465 e. The third kappa shape index (κ3) is 5.33. The van der Waals surface area contributed by atoms with Crippen molar-refractivity contribution in [1.29, 1.82) is 0 Å². The van der Waals surface area contributed by atoms with Crippen molar-refractivity contribution < 1.29 is 23.9 Å².